The molecule has 4 nitrogen and oxygen atoms in total. The number of hydrogen-bond donors (Lipinski definition) is 1. The van der Waals surface area contributed by atoms with Crippen LogP contribution in [0.2, 0.25) is 0 Å². The van der Waals surface area contributed by atoms with Crippen LogP contribution in [0.4, 0.5) is 0 Å². The molecule has 6 heteroatoms. The first-order chi connectivity index (χ1) is 9.45. The molecule has 0 aliphatic carbocycles. The Bertz CT molecular complexity index is 526. The lowest BCUT2D eigenvalue weighted by atomic mass is 10.1. The van der Waals surface area contributed by atoms with Crippen LogP contribution in [0.25, 0.3) is 0 Å². The van der Waals surface area contributed by atoms with E-state index in [0.717, 1.165) is 17.7 Å². The lowest BCUT2D eigenvalue weighted by Gasteiger charge is -2.24. The zero-order valence-electron chi connectivity index (χ0n) is 11.9. The molecule has 20 heavy (non-hydrogen) atoms. The Kier molecular flexibility index (Phi) is 4.75. The van der Waals surface area contributed by atoms with Gasteiger partial charge in [0.2, 0.25) is 0 Å². The number of hydrogen-bond acceptors (Lipinski definition) is 4. The van der Waals surface area contributed by atoms with Gasteiger partial charge in [-0.05, 0) is 31.9 Å². The van der Waals surface area contributed by atoms with Gasteiger partial charge in [-0.2, -0.15) is 0 Å². The van der Waals surface area contributed by atoms with Crippen molar-refractivity contribution in [3.63, 3.8) is 0 Å². The molecule has 2 heterocycles. The fourth-order valence-electron chi connectivity index (χ4n) is 2.41. The largest absolute Gasteiger partial charge is 0.480 e. The SMILES string of the molecule is CCCc1cc(C(=O)N2C(C)SCC2C(=O)O)sc1C. The van der Waals surface area contributed by atoms with Gasteiger partial charge in [0, 0.05) is 10.6 Å². The minimum absolute atomic E-state index is 0.0827. The van der Waals surface area contributed by atoms with Crippen LogP contribution in [0.1, 0.15) is 40.4 Å². The second-order valence-electron chi connectivity index (χ2n) is 4.94. The summed E-state index contributed by atoms with van der Waals surface area (Å²) < 4.78 is 0. The molecular weight excluding hydrogens is 294 g/mol. The summed E-state index contributed by atoms with van der Waals surface area (Å²) >= 11 is 2.99. The van der Waals surface area contributed by atoms with Crippen LogP contribution in [0.3, 0.4) is 0 Å². The molecular formula is C14H19NO3S2. The fraction of sp³-hybridized carbons (Fsp3) is 0.571. The number of carboxylic acid groups (broad SMARTS) is 1. The van der Waals surface area contributed by atoms with Crippen molar-refractivity contribution in [2.75, 3.05) is 5.75 Å². The van der Waals surface area contributed by atoms with Gasteiger partial charge in [0.15, 0.2) is 0 Å². The monoisotopic (exact) mass is 313 g/mol. The van der Waals surface area contributed by atoms with Gasteiger partial charge in [-0.15, -0.1) is 23.1 Å². The van der Waals surface area contributed by atoms with Gasteiger partial charge < -0.3 is 10.0 Å². The van der Waals surface area contributed by atoms with Gasteiger partial charge >= 0.3 is 5.97 Å². The highest BCUT2D eigenvalue weighted by atomic mass is 32.2. The van der Waals surface area contributed by atoms with Gasteiger partial charge in [0.05, 0.1) is 10.3 Å². The molecule has 0 spiro atoms. The normalized spacial score (nSPS) is 22.2. The molecule has 1 aromatic rings. The zero-order valence-corrected chi connectivity index (χ0v) is 13.5. The molecule has 0 saturated carbocycles. The third-order valence-electron chi connectivity index (χ3n) is 3.49. The molecule has 0 aromatic carbocycles. The highest BCUT2D eigenvalue weighted by Crippen LogP contribution is 2.32. The second kappa shape index (κ2) is 6.18. The van der Waals surface area contributed by atoms with E-state index in [2.05, 4.69) is 6.92 Å². The summed E-state index contributed by atoms with van der Waals surface area (Å²) in [7, 11) is 0. The minimum Gasteiger partial charge on any atom is -0.480 e. The predicted molar refractivity (Wildman–Crippen MR) is 82.6 cm³/mol. The van der Waals surface area contributed by atoms with E-state index in [9.17, 15) is 14.7 Å². The van der Waals surface area contributed by atoms with Gasteiger partial charge in [-0.25, -0.2) is 4.79 Å². The molecule has 1 aliphatic rings. The number of thioether (sulfide) groups is 1. The lowest BCUT2D eigenvalue weighted by Crippen LogP contribution is -2.44. The molecule has 1 aromatic heterocycles. The Hall–Kier alpha value is -1.01. The van der Waals surface area contributed by atoms with Crippen LogP contribution in [0.5, 0.6) is 0 Å². The highest BCUT2D eigenvalue weighted by molar-refractivity contribution is 8.00. The molecule has 2 rings (SSSR count). The summed E-state index contributed by atoms with van der Waals surface area (Å²) in [5.41, 5.74) is 1.20. The number of carbonyl (C=O) groups is 2. The number of carboxylic acids is 1. The summed E-state index contributed by atoms with van der Waals surface area (Å²) in [4.78, 5) is 27.2. The average Bonchev–Trinajstić information content (AvgIpc) is 2.93. The molecule has 0 bridgehead atoms. The van der Waals surface area contributed by atoms with Crippen molar-refractivity contribution in [3.05, 3.63) is 21.4 Å². The van der Waals surface area contributed by atoms with E-state index in [4.69, 9.17) is 0 Å². The third kappa shape index (κ3) is 2.86. The van der Waals surface area contributed by atoms with Crippen molar-refractivity contribution in [3.8, 4) is 0 Å². The van der Waals surface area contributed by atoms with E-state index in [-0.39, 0.29) is 11.3 Å². The maximum absolute atomic E-state index is 12.6. The Labute approximate surface area is 127 Å². The van der Waals surface area contributed by atoms with E-state index in [1.165, 1.54) is 33.6 Å². The van der Waals surface area contributed by atoms with Gasteiger partial charge in [-0.3, -0.25) is 4.79 Å². The molecule has 2 unspecified atom stereocenters. The van der Waals surface area contributed by atoms with Gasteiger partial charge in [-0.1, -0.05) is 13.3 Å². The van der Waals surface area contributed by atoms with Crippen LogP contribution in [0, 0.1) is 6.92 Å². The Balaban J connectivity index is 2.25. The molecule has 110 valence electrons. The van der Waals surface area contributed by atoms with Crippen molar-refractivity contribution in [1.29, 1.82) is 0 Å². The summed E-state index contributed by atoms with van der Waals surface area (Å²) in [6, 6.07) is 1.22. The molecule has 1 amide bonds. The molecule has 1 saturated heterocycles. The fourth-order valence-corrected chi connectivity index (χ4v) is 4.59. The Morgan fingerprint density at radius 1 is 1.50 bits per heavy atom. The lowest BCUT2D eigenvalue weighted by molar-refractivity contribution is -0.141. The molecule has 2 atom stereocenters. The summed E-state index contributed by atoms with van der Waals surface area (Å²) in [5, 5.41) is 9.15. The van der Waals surface area contributed by atoms with Crippen molar-refractivity contribution in [2.24, 2.45) is 0 Å². The molecule has 1 aliphatic heterocycles. The van der Waals surface area contributed by atoms with Gasteiger partial charge in [0.25, 0.3) is 5.91 Å². The molecule has 0 radical (unpaired) electrons. The van der Waals surface area contributed by atoms with Gasteiger partial charge in [0.1, 0.15) is 6.04 Å². The van der Waals surface area contributed by atoms with Crippen molar-refractivity contribution in [1.82, 2.24) is 4.90 Å². The Morgan fingerprint density at radius 3 is 2.80 bits per heavy atom. The molecule has 1 N–H and O–H groups in total. The summed E-state index contributed by atoms with van der Waals surface area (Å²) in [6.07, 6.45) is 2.00. The number of nitrogens with zero attached hydrogens (tertiary/aromatic N) is 1. The van der Waals surface area contributed by atoms with E-state index < -0.39 is 12.0 Å². The first-order valence-electron chi connectivity index (χ1n) is 6.72. The van der Waals surface area contributed by atoms with Crippen LogP contribution in [-0.4, -0.2) is 39.1 Å². The average molecular weight is 313 g/mol. The zero-order chi connectivity index (χ0) is 14.9. The van der Waals surface area contributed by atoms with Crippen LogP contribution < -0.4 is 0 Å². The maximum atomic E-state index is 12.6. The quantitative estimate of drug-likeness (QED) is 0.928. The predicted octanol–water partition coefficient (Wildman–Crippen LogP) is 3.00. The van der Waals surface area contributed by atoms with E-state index in [0.29, 0.717) is 10.6 Å². The standard InChI is InChI=1S/C14H19NO3S2/c1-4-5-10-6-12(20-8(10)2)13(16)15-9(3)19-7-11(15)14(17)18/h6,9,11H,4-5,7H2,1-3H3,(H,17,18). The summed E-state index contributed by atoms with van der Waals surface area (Å²) in [5.74, 6) is -0.600. The van der Waals surface area contributed by atoms with Crippen molar-refractivity contribution in [2.45, 2.75) is 45.0 Å². The maximum Gasteiger partial charge on any atom is 0.327 e. The number of carbonyl (C=O) groups excluding carboxylic acids is 1. The first kappa shape index (κ1) is 15.4. The number of thiophene rings is 1. The van der Waals surface area contributed by atoms with E-state index >= 15 is 0 Å². The minimum atomic E-state index is -0.919. The van der Waals surface area contributed by atoms with Crippen LogP contribution in [0.15, 0.2) is 6.07 Å². The Morgan fingerprint density at radius 2 is 2.20 bits per heavy atom. The third-order valence-corrected chi connectivity index (χ3v) is 5.79. The van der Waals surface area contributed by atoms with Crippen molar-refractivity contribution < 1.29 is 14.7 Å². The van der Waals surface area contributed by atoms with Crippen molar-refractivity contribution >= 4 is 35.0 Å². The topological polar surface area (TPSA) is 57.6 Å². The number of aliphatic carboxylic acids is 1. The first-order valence-corrected chi connectivity index (χ1v) is 8.58. The number of aryl methyl sites for hydroxylation is 2. The van der Waals surface area contributed by atoms with Crippen LogP contribution in [-0.2, 0) is 11.2 Å². The van der Waals surface area contributed by atoms with E-state index in [1.54, 1.807) is 0 Å². The van der Waals surface area contributed by atoms with Crippen LogP contribution >= 0.6 is 23.1 Å². The molecule has 1 fully saturated rings. The van der Waals surface area contributed by atoms with E-state index in [1.807, 2.05) is 19.9 Å². The number of amides is 1. The highest BCUT2D eigenvalue weighted by Gasteiger charge is 2.40. The summed E-state index contributed by atoms with van der Waals surface area (Å²) in [6.45, 7) is 6.01. The number of rotatable bonds is 4. The smallest absolute Gasteiger partial charge is 0.327 e. The second-order valence-corrected chi connectivity index (χ2v) is 7.55.